The number of carbonyl (C=O) groups is 1. The fourth-order valence-corrected chi connectivity index (χ4v) is 5.61. The Morgan fingerprint density at radius 1 is 1.04 bits per heavy atom. The second kappa shape index (κ2) is 8.09. The van der Waals surface area contributed by atoms with Crippen LogP contribution >= 0.6 is 0 Å². The maximum Gasteiger partial charge on any atom is 0.254 e. The molecule has 26 heavy (non-hydrogen) atoms. The smallest absolute Gasteiger partial charge is 0.254 e. The van der Waals surface area contributed by atoms with Crippen LogP contribution < -0.4 is 0 Å². The number of hydrogen-bond donors (Lipinski definition) is 0. The van der Waals surface area contributed by atoms with E-state index in [1.807, 2.05) is 14.0 Å². The topological polar surface area (TPSA) is 57.7 Å². The monoisotopic (exact) mass is 378 g/mol. The van der Waals surface area contributed by atoms with Gasteiger partial charge in [-0.3, -0.25) is 4.79 Å². The van der Waals surface area contributed by atoms with E-state index in [9.17, 15) is 13.2 Å². The summed E-state index contributed by atoms with van der Waals surface area (Å²) in [4.78, 5) is 15.0. The van der Waals surface area contributed by atoms with Crippen LogP contribution in [0.5, 0.6) is 0 Å². The van der Waals surface area contributed by atoms with Crippen LogP contribution in [0, 0.1) is 6.92 Å². The van der Waals surface area contributed by atoms with E-state index < -0.39 is 10.0 Å². The predicted molar refractivity (Wildman–Crippen MR) is 103 cm³/mol. The Morgan fingerprint density at radius 3 is 2.27 bits per heavy atom. The Balaban J connectivity index is 1.87. The van der Waals surface area contributed by atoms with Crippen molar-refractivity contribution < 1.29 is 13.2 Å². The molecule has 5 nitrogen and oxygen atoms in total. The van der Waals surface area contributed by atoms with Crippen molar-refractivity contribution in [2.75, 3.05) is 20.1 Å². The fourth-order valence-electron chi connectivity index (χ4n) is 4.07. The third-order valence-corrected chi connectivity index (χ3v) is 7.73. The molecule has 6 heteroatoms. The molecule has 1 aromatic carbocycles. The highest BCUT2D eigenvalue weighted by molar-refractivity contribution is 7.89. The average Bonchev–Trinajstić information content (AvgIpc) is 3.02. The minimum absolute atomic E-state index is 0.0673. The summed E-state index contributed by atoms with van der Waals surface area (Å²) in [6.45, 7) is 3.01. The molecule has 0 unspecified atom stereocenters. The van der Waals surface area contributed by atoms with E-state index in [0.717, 1.165) is 56.9 Å². The van der Waals surface area contributed by atoms with Crippen LogP contribution in [0.25, 0.3) is 0 Å². The van der Waals surface area contributed by atoms with E-state index in [4.69, 9.17) is 0 Å². The van der Waals surface area contributed by atoms with E-state index in [0.29, 0.717) is 18.7 Å². The van der Waals surface area contributed by atoms with E-state index in [1.54, 1.807) is 27.4 Å². The Hall–Kier alpha value is -1.40. The van der Waals surface area contributed by atoms with Crippen LogP contribution in [0.1, 0.15) is 67.3 Å². The first kappa shape index (κ1) is 19.4. The second-order valence-electron chi connectivity index (χ2n) is 7.65. The minimum atomic E-state index is -3.54. The molecule has 1 aliphatic heterocycles. The molecule has 1 saturated heterocycles. The summed E-state index contributed by atoms with van der Waals surface area (Å²) in [6.07, 6.45) is 8.35. The normalized spacial score (nSPS) is 20.1. The van der Waals surface area contributed by atoms with Gasteiger partial charge in [0.1, 0.15) is 0 Å². The third kappa shape index (κ3) is 3.96. The standard InChI is InChI=1S/C20H30N2O3S/c1-16-11-12-18(26(24,25)22-13-7-3-4-8-14-22)15-19(16)20(23)21(2)17-9-5-6-10-17/h11-12,15,17H,3-10,13-14H2,1-2H3. The van der Waals surface area contributed by atoms with Crippen molar-refractivity contribution in [3.63, 3.8) is 0 Å². The molecule has 1 heterocycles. The molecule has 0 N–H and O–H groups in total. The largest absolute Gasteiger partial charge is 0.339 e. The highest BCUT2D eigenvalue weighted by atomic mass is 32.2. The summed E-state index contributed by atoms with van der Waals surface area (Å²) in [7, 11) is -1.70. The van der Waals surface area contributed by atoms with Gasteiger partial charge >= 0.3 is 0 Å². The third-order valence-electron chi connectivity index (χ3n) is 5.84. The molecule has 2 fully saturated rings. The zero-order valence-corrected chi connectivity index (χ0v) is 16.7. The van der Waals surface area contributed by atoms with Gasteiger partial charge in [-0.1, -0.05) is 31.7 Å². The van der Waals surface area contributed by atoms with Gasteiger partial charge in [0.2, 0.25) is 10.0 Å². The van der Waals surface area contributed by atoms with Gasteiger partial charge in [-0.25, -0.2) is 8.42 Å². The molecule has 0 bridgehead atoms. The van der Waals surface area contributed by atoms with Crippen molar-refractivity contribution >= 4 is 15.9 Å². The molecule has 3 rings (SSSR count). The maximum absolute atomic E-state index is 13.1. The van der Waals surface area contributed by atoms with Crippen molar-refractivity contribution in [1.29, 1.82) is 0 Å². The lowest BCUT2D eigenvalue weighted by atomic mass is 10.1. The Labute approximate surface area is 157 Å². The first-order chi connectivity index (χ1) is 12.4. The minimum Gasteiger partial charge on any atom is -0.339 e. The molecule has 2 aliphatic rings. The molecule has 0 spiro atoms. The fraction of sp³-hybridized carbons (Fsp3) is 0.650. The molecular weight excluding hydrogens is 348 g/mol. The highest BCUT2D eigenvalue weighted by Crippen LogP contribution is 2.26. The summed E-state index contributed by atoms with van der Waals surface area (Å²) in [6, 6.07) is 5.26. The Morgan fingerprint density at radius 2 is 1.65 bits per heavy atom. The summed E-state index contributed by atoms with van der Waals surface area (Å²) in [5.74, 6) is -0.0673. The number of amides is 1. The number of hydrogen-bond acceptors (Lipinski definition) is 3. The lowest BCUT2D eigenvalue weighted by Gasteiger charge is -2.26. The number of benzene rings is 1. The summed E-state index contributed by atoms with van der Waals surface area (Å²) in [5.41, 5.74) is 1.34. The molecule has 0 radical (unpaired) electrons. The zero-order chi connectivity index (χ0) is 18.7. The summed E-state index contributed by atoms with van der Waals surface area (Å²) < 4.78 is 27.7. The van der Waals surface area contributed by atoms with E-state index in [1.165, 1.54) is 0 Å². The molecule has 0 aromatic heterocycles. The van der Waals surface area contributed by atoms with Crippen molar-refractivity contribution in [1.82, 2.24) is 9.21 Å². The van der Waals surface area contributed by atoms with Crippen LogP contribution in [-0.4, -0.2) is 49.7 Å². The molecule has 1 amide bonds. The van der Waals surface area contributed by atoms with E-state index in [-0.39, 0.29) is 16.8 Å². The molecule has 144 valence electrons. The van der Waals surface area contributed by atoms with Crippen molar-refractivity contribution in [3.8, 4) is 0 Å². The van der Waals surface area contributed by atoms with Crippen molar-refractivity contribution in [2.45, 2.75) is 69.2 Å². The summed E-state index contributed by atoms with van der Waals surface area (Å²) >= 11 is 0. The zero-order valence-electron chi connectivity index (χ0n) is 15.9. The van der Waals surface area contributed by atoms with Crippen LogP contribution in [0.2, 0.25) is 0 Å². The van der Waals surface area contributed by atoms with Crippen molar-refractivity contribution in [3.05, 3.63) is 29.3 Å². The first-order valence-electron chi connectivity index (χ1n) is 9.79. The SMILES string of the molecule is Cc1ccc(S(=O)(=O)N2CCCCCC2)cc1C(=O)N(C)C1CCCC1. The summed E-state index contributed by atoms with van der Waals surface area (Å²) in [5, 5.41) is 0. The number of sulfonamides is 1. The Kier molecular flexibility index (Phi) is 6.03. The molecule has 1 aliphatic carbocycles. The molecule has 0 atom stereocenters. The van der Waals surface area contributed by atoms with Gasteiger partial charge < -0.3 is 4.90 Å². The number of rotatable bonds is 4. The van der Waals surface area contributed by atoms with E-state index >= 15 is 0 Å². The van der Waals surface area contributed by atoms with Crippen molar-refractivity contribution in [2.24, 2.45) is 0 Å². The number of nitrogens with zero attached hydrogens (tertiary/aromatic N) is 2. The number of carbonyl (C=O) groups excluding carboxylic acids is 1. The highest BCUT2D eigenvalue weighted by Gasteiger charge is 2.29. The maximum atomic E-state index is 13.1. The van der Waals surface area contributed by atoms with Gasteiger partial charge in [-0.2, -0.15) is 4.31 Å². The van der Waals surface area contributed by atoms with Crippen LogP contribution in [0.3, 0.4) is 0 Å². The van der Waals surface area contributed by atoms with Gasteiger partial charge in [-0.05, 0) is 50.3 Å². The van der Waals surface area contributed by atoms with Crippen LogP contribution in [0.15, 0.2) is 23.1 Å². The van der Waals surface area contributed by atoms with Crippen LogP contribution in [0.4, 0.5) is 0 Å². The first-order valence-corrected chi connectivity index (χ1v) is 11.2. The lowest BCUT2D eigenvalue weighted by Crippen LogP contribution is -2.36. The molecule has 1 saturated carbocycles. The molecular formula is C20H30N2O3S. The average molecular weight is 379 g/mol. The van der Waals surface area contributed by atoms with Gasteiger partial charge in [0, 0.05) is 31.7 Å². The molecule has 1 aromatic rings. The number of aryl methyl sites for hydroxylation is 1. The lowest BCUT2D eigenvalue weighted by molar-refractivity contribution is 0.0734. The van der Waals surface area contributed by atoms with Gasteiger partial charge in [0.25, 0.3) is 5.91 Å². The van der Waals surface area contributed by atoms with Gasteiger partial charge in [0.05, 0.1) is 4.90 Å². The quantitative estimate of drug-likeness (QED) is 0.805. The van der Waals surface area contributed by atoms with Gasteiger partial charge in [-0.15, -0.1) is 0 Å². The van der Waals surface area contributed by atoms with Crippen LogP contribution in [-0.2, 0) is 10.0 Å². The van der Waals surface area contributed by atoms with Gasteiger partial charge in [0.15, 0.2) is 0 Å². The Bertz CT molecular complexity index is 746. The van der Waals surface area contributed by atoms with E-state index in [2.05, 4.69) is 0 Å². The second-order valence-corrected chi connectivity index (χ2v) is 9.59. The predicted octanol–water partition coefficient (Wildman–Crippen LogP) is 3.57.